The number of hydrogen-bond acceptors (Lipinski definition) is 4. The van der Waals surface area contributed by atoms with E-state index in [1.807, 2.05) is 0 Å². The van der Waals surface area contributed by atoms with Crippen LogP contribution in [0.5, 0.6) is 5.75 Å². The number of hydrogen-bond donors (Lipinski definition) is 1. The SMILES string of the molecule is Oc1cccc(-c2noc(C3CCC(F)(F)CC3)n2)c1. The summed E-state index contributed by atoms with van der Waals surface area (Å²) in [7, 11) is 0. The lowest BCUT2D eigenvalue weighted by Crippen LogP contribution is -2.23. The summed E-state index contributed by atoms with van der Waals surface area (Å²) in [5.74, 6) is -1.78. The summed E-state index contributed by atoms with van der Waals surface area (Å²) in [6, 6.07) is 6.52. The van der Waals surface area contributed by atoms with Crippen LogP contribution in [0.1, 0.15) is 37.5 Å². The Morgan fingerprint density at radius 1 is 1.25 bits per heavy atom. The second-order valence-electron chi connectivity index (χ2n) is 5.14. The Labute approximate surface area is 114 Å². The van der Waals surface area contributed by atoms with Crippen molar-refractivity contribution in [2.45, 2.75) is 37.5 Å². The summed E-state index contributed by atoms with van der Waals surface area (Å²) in [5, 5.41) is 13.3. The third-order valence-corrected chi connectivity index (χ3v) is 3.61. The Kier molecular flexibility index (Phi) is 3.16. The fourth-order valence-electron chi connectivity index (χ4n) is 2.45. The first-order valence-electron chi connectivity index (χ1n) is 6.54. The van der Waals surface area contributed by atoms with Gasteiger partial charge in [0.05, 0.1) is 0 Å². The van der Waals surface area contributed by atoms with Crippen molar-refractivity contribution in [3.63, 3.8) is 0 Å². The molecular weight excluding hydrogens is 266 g/mol. The molecule has 3 rings (SSSR count). The fourth-order valence-corrected chi connectivity index (χ4v) is 2.45. The smallest absolute Gasteiger partial charge is 0.248 e. The summed E-state index contributed by atoms with van der Waals surface area (Å²) >= 11 is 0. The summed E-state index contributed by atoms with van der Waals surface area (Å²) in [6.07, 6.45) is 0.437. The van der Waals surface area contributed by atoms with Crippen LogP contribution < -0.4 is 0 Å². The Hall–Kier alpha value is -1.98. The van der Waals surface area contributed by atoms with Crippen molar-refractivity contribution in [1.29, 1.82) is 0 Å². The molecule has 1 aromatic heterocycles. The number of phenolic OH excluding ortho intramolecular Hbond substituents is 1. The second kappa shape index (κ2) is 4.85. The molecule has 1 N–H and O–H groups in total. The van der Waals surface area contributed by atoms with E-state index in [1.54, 1.807) is 18.2 Å². The molecule has 1 fully saturated rings. The zero-order chi connectivity index (χ0) is 14.2. The summed E-state index contributed by atoms with van der Waals surface area (Å²) in [5.41, 5.74) is 0.640. The van der Waals surface area contributed by atoms with Crippen molar-refractivity contribution in [2.24, 2.45) is 0 Å². The molecule has 0 radical (unpaired) electrons. The highest BCUT2D eigenvalue weighted by molar-refractivity contribution is 5.56. The molecule has 1 aliphatic rings. The monoisotopic (exact) mass is 280 g/mol. The topological polar surface area (TPSA) is 59.2 Å². The van der Waals surface area contributed by atoms with E-state index in [2.05, 4.69) is 10.1 Å². The molecule has 0 atom stereocenters. The van der Waals surface area contributed by atoms with E-state index in [-0.39, 0.29) is 24.5 Å². The number of aromatic nitrogens is 2. The van der Waals surface area contributed by atoms with Crippen LogP contribution in [0.4, 0.5) is 8.78 Å². The van der Waals surface area contributed by atoms with Gasteiger partial charge in [-0.3, -0.25) is 0 Å². The maximum absolute atomic E-state index is 13.1. The first kappa shape index (κ1) is 13.0. The average molecular weight is 280 g/mol. The third-order valence-electron chi connectivity index (χ3n) is 3.61. The molecule has 1 aromatic carbocycles. The van der Waals surface area contributed by atoms with Crippen LogP contribution in [0.3, 0.4) is 0 Å². The molecule has 1 saturated carbocycles. The predicted octanol–water partition coefficient (Wildman–Crippen LogP) is 3.74. The highest BCUT2D eigenvalue weighted by atomic mass is 19.3. The minimum atomic E-state index is -2.56. The van der Waals surface area contributed by atoms with Gasteiger partial charge in [-0.15, -0.1) is 0 Å². The van der Waals surface area contributed by atoms with Crippen LogP contribution in [-0.2, 0) is 0 Å². The Bertz CT molecular complexity index is 603. The van der Waals surface area contributed by atoms with Crippen LogP contribution in [-0.4, -0.2) is 21.2 Å². The molecule has 0 saturated heterocycles. The molecule has 4 nitrogen and oxygen atoms in total. The van der Waals surface area contributed by atoms with Crippen molar-refractivity contribution in [1.82, 2.24) is 10.1 Å². The minimum absolute atomic E-state index is 0.104. The number of benzene rings is 1. The zero-order valence-electron chi connectivity index (χ0n) is 10.7. The quantitative estimate of drug-likeness (QED) is 0.910. The van der Waals surface area contributed by atoms with Gasteiger partial charge in [0.2, 0.25) is 17.6 Å². The summed E-state index contributed by atoms with van der Waals surface area (Å²) in [6.45, 7) is 0. The lowest BCUT2D eigenvalue weighted by Gasteiger charge is -2.25. The summed E-state index contributed by atoms with van der Waals surface area (Å²) < 4.78 is 31.4. The van der Waals surface area contributed by atoms with Gasteiger partial charge in [0.25, 0.3) is 0 Å². The third kappa shape index (κ3) is 2.64. The zero-order valence-corrected chi connectivity index (χ0v) is 10.7. The molecule has 0 aliphatic heterocycles. The molecule has 1 aliphatic carbocycles. The van der Waals surface area contributed by atoms with E-state index in [4.69, 9.17) is 4.52 Å². The van der Waals surface area contributed by atoms with E-state index in [0.29, 0.717) is 30.1 Å². The lowest BCUT2D eigenvalue weighted by molar-refractivity contribution is -0.0402. The normalized spacial score (nSPS) is 19.1. The van der Waals surface area contributed by atoms with E-state index in [1.165, 1.54) is 6.07 Å². The molecular formula is C14H14F2N2O2. The predicted molar refractivity (Wildman–Crippen MR) is 67.6 cm³/mol. The Morgan fingerprint density at radius 3 is 2.70 bits per heavy atom. The lowest BCUT2D eigenvalue weighted by atomic mass is 9.87. The Morgan fingerprint density at radius 2 is 2.00 bits per heavy atom. The maximum atomic E-state index is 13.1. The summed E-state index contributed by atoms with van der Waals surface area (Å²) in [4.78, 5) is 4.26. The van der Waals surface area contributed by atoms with Gasteiger partial charge in [-0.25, -0.2) is 8.78 Å². The van der Waals surface area contributed by atoms with Crippen LogP contribution in [0.2, 0.25) is 0 Å². The van der Waals surface area contributed by atoms with Gasteiger partial charge >= 0.3 is 0 Å². The number of halogens is 2. The first-order chi connectivity index (χ1) is 9.53. The first-order valence-corrected chi connectivity index (χ1v) is 6.54. The highest BCUT2D eigenvalue weighted by Crippen LogP contribution is 2.40. The van der Waals surface area contributed by atoms with Crippen LogP contribution in [0, 0.1) is 0 Å². The van der Waals surface area contributed by atoms with E-state index in [0.717, 1.165) is 0 Å². The van der Waals surface area contributed by atoms with Crippen LogP contribution >= 0.6 is 0 Å². The standard InChI is InChI=1S/C14H14F2N2O2/c15-14(16)6-4-9(5-7-14)13-17-12(18-20-13)10-2-1-3-11(19)8-10/h1-3,8-9,19H,4-7H2. The minimum Gasteiger partial charge on any atom is -0.508 e. The van der Waals surface area contributed by atoms with Crippen molar-refractivity contribution in [3.05, 3.63) is 30.2 Å². The number of rotatable bonds is 2. The van der Waals surface area contributed by atoms with E-state index >= 15 is 0 Å². The van der Waals surface area contributed by atoms with Gasteiger partial charge in [-0.2, -0.15) is 4.98 Å². The molecule has 0 amide bonds. The van der Waals surface area contributed by atoms with Gasteiger partial charge < -0.3 is 9.63 Å². The highest BCUT2D eigenvalue weighted by Gasteiger charge is 2.37. The number of phenols is 1. The average Bonchev–Trinajstić information content (AvgIpc) is 2.88. The van der Waals surface area contributed by atoms with E-state index in [9.17, 15) is 13.9 Å². The fraction of sp³-hybridized carbons (Fsp3) is 0.429. The van der Waals surface area contributed by atoms with E-state index < -0.39 is 5.92 Å². The molecule has 2 aromatic rings. The van der Waals surface area contributed by atoms with Gasteiger partial charge in [0.1, 0.15) is 5.75 Å². The number of nitrogens with zero attached hydrogens (tertiary/aromatic N) is 2. The molecule has 0 bridgehead atoms. The Balaban J connectivity index is 1.78. The molecule has 6 heteroatoms. The molecule has 20 heavy (non-hydrogen) atoms. The largest absolute Gasteiger partial charge is 0.508 e. The van der Waals surface area contributed by atoms with Crippen LogP contribution in [0.25, 0.3) is 11.4 Å². The molecule has 1 heterocycles. The van der Waals surface area contributed by atoms with Crippen molar-refractivity contribution < 1.29 is 18.4 Å². The van der Waals surface area contributed by atoms with Gasteiger partial charge in [0, 0.05) is 24.3 Å². The number of aromatic hydroxyl groups is 1. The number of alkyl halides is 2. The van der Waals surface area contributed by atoms with Gasteiger partial charge in [-0.05, 0) is 25.0 Å². The molecule has 0 spiro atoms. The van der Waals surface area contributed by atoms with Gasteiger partial charge in [0.15, 0.2) is 0 Å². The second-order valence-corrected chi connectivity index (χ2v) is 5.14. The van der Waals surface area contributed by atoms with Crippen molar-refractivity contribution in [3.8, 4) is 17.1 Å². The van der Waals surface area contributed by atoms with Crippen molar-refractivity contribution in [2.75, 3.05) is 0 Å². The van der Waals surface area contributed by atoms with Gasteiger partial charge in [-0.1, -0.05) is 17.3 Å². The maximum Gasteiger partial charge on any atom is 0.248 e. The molecule has 106 valence electrons. The van der Waals surface area contributed by atoms with Crippen LogP contribution in [0.15, 0.2) is 28.8 Å². The molecule has 0 unspecified atom stereocenters. The van der Waals surface area contributed by atoms with Crippen molar-refractivity contribution >= 4 is 0 Å².